The summed E-state index contributed by atoms with van der Waals surface area (Å²) >= 11 is 5.05. The van der Waals surface area contributed by atoms with E-state index in [-0.39, 0.29) is 11.9 Å². The fraction of sp³-hybridized carbons (Fsp3) is 0.444. The zero-order chi connectivity index (χ0) is 10.1. The summed E-state index contributed by atoms with van der Waals surface area (Å²) in [5.74, 6) is 0.169. The number of hydrogen-bond acceptors (Lipinski definition) is 3. The van der Waals surface area contributed by atoms with Crippen molar-refractivity contribution in [3.63, 3.8) is 0 Å². The number of halogens is 1. The van der Waals surface area contributed by atoms with Crippen LogP contribution in [-0.2, 0) is 11.3 Å². The predicted molar refractivity (Wildman–Crippen MR) is 60.0 cm³/mol. The number of nitrogens with two attached hydrogens (primary N) is 1. The van der Waals surface area contributed by atoms with E-state index in [0.29, 0.717) is 19.5 Å². The van der Waals surface area contributed by atoms with E-state index in [1.165, 1.54) is 4.88 Å². The number of thiophene rings is 1. The molecule has 0 aromatic carbocycles. The second-order valence-corrected chi connectivity index (χ2v) is 5.38. The van der Waals surface area contributed by atoms with Crippen LogP contribution in [0.5, 0.6) is 0 Å². The van der Waals surface area contributed by atoms with Crippen LogP contribution in [0.15, 0.2) is 15.9 Å². The molecule has 1 aromatic heterocycles. The highest BCUT2D eigenvalue weighted by atomic mass is 79.9. The van der Waals surface area contributed by atoms with Gasteiger partial charge in [0.15, 0.2) is 0 Å². The lowest BCUT2D eigenvalue weighted by Gasteiger charge is -2.14. The molecule has 1 aliphatic rings. The molecular weight excluding hydrogens is 264 g/mol. The SMILES string of the molecule is NC1CC(=O)N(Cc2cc(Br)cs2)C1. The van der Waals surface area contributed by atoms with Crippen LogP contribution in [0.1, 0.15) is 11.3 Å². The Kier molecular flexibility index (Phi) is 2.90. The molecule has 1 fully saturated rings. The lowest BCUT2D eigenvalue weighted by molar-refractivity contribution is -0.128. The van der Waals surface area contributed by atoms with Crippen molar-refractivity contribution in [2.75, 3.05) is 6.54 Å². The normalized spacial score (nSPS) is 22.0. The van der Waals surface area contributed by atoms with Crippen molar-refractivity contribution in [1.82, 2.24) is 4.90 Å². The molecule has 0 aliphatic carbocycles. The Morgan fingerprint density at radius 3 is 3.00 bits per heavy atom. The van der Waals surface area contributed by atoms with Crippen molar-refractivity contribution in [3.05, 3.63) is 20.8 Å². The molecule has 5 heteroatoms. The van der Waals surface area contributed by atoms with Crippen molar-refractivity contribution in [3.8, 4) is 0 Å². The van der Waals surface area contributed by atoms with E-state index in [2.05, 4.69) is 15.9 Å². The van der Waals surface area contributed by atoms with E-state index in [4.69, 9.17) is 5.73 Å². The Hall–Kier alpha value is -0.390. The van der Waals surface area contributed by atoms with Crippen LogP contribution in [0.25, 0.3) is 0 Å². The van der Waals surface area contributed by atoms with Crippen molar-refractivity contribution < 1.29 is 4.79 Å². The lowest BCUT2D eigenvalue weighted by atomic mass is 10.3. The number of nitrogens with zero attached hydrogens (tertiary/aromatic N) is 1. The Morgan fingerprint density at radius 2 is 2.50 bits per heavy atom. The first-order valence-corrected chi connectivity index (χ1v) is 6.08. The molecule has 0 radical (unpaired) electrons. The summed E-state index contributed by atoms with van der Waals surface area (Å²) in [7, 11) is 0. The van der Waals surface area contributed by atoms with Gasteiger partial charge in [0.25, 0.3) is 0 Å². The maximum absolute atomic E-state index is 11.4. The number of likely N-dealkylation sites (tertiary alicyclic amines) is 1. The van der Waals surface area contributed by atoms with Crippen LogP contribution in [-0.4, -0.2) is 23.4 Å². The van der Waals surface area contributed by atoms with Gasteiger partial charge in [-0.1, -0.05) is 0 Å². The minimum absolute atomic E-state index is 0.0194. The van der Waals surface area contributed by atoms with Crippen LogP contribution < -0.4 is 5.73 Å². The zero-order valence-electron chi connectivity index (χ0n) is 7.57. The second kappa shape index (κ2) is 4.00. The Labute approximate surface area is 95.0 Å². The summed E-state index contributed by atoms with van der Waals surface area (Å²) < 4.78 is 1.08. The van der Waals surface area contributed by atoms with Crippen molar-refractivity contribution >= 4 is 33.2 Å². The van der Waals surface area contributed by atoms with Gasteiger partial charge in [-0.15, -0.1) is 11.3 Å². The molecule has 76 valence electrons. The van der Waals surface area contributed by atoms with Crippen molar-refractivity contribution in [2.45, 2.75) is 19.0 Å². The van der Waals surface area contributed by atoms with Crippen molar-refractivity contribution in [2.24, 2.45) is 5.73 Å². The third kappa shape index (κ3) is 2.16. The van der Waals surface area contributed by atoms with Gasteiger partial charge in [0.2, 0.25) is 5.91 Å². The Bertz CT molecular complexity index is 352. The van der Waals surface area contributed by atoms with E-state index < -0.39 is 0 Å². The smallest absolute Gasteiger partial charge is 0.224 e. The van der Waals surface area contributed by atoms with E-state index in [1.807, 2.05) is 16.3 Å². The van der Waals surface area contributed by atoms with Crippen LogP contribution in [0.4, 0.5) is 0 Å². The maximum Gasteiger partial charge on any atom is 0.224 e. The maximum atomic E-state index is 11.4. The average molecular weight is 275 g/mol. The van der Waals surface area contributed by atoms with Crippen LogP contribution >= 0.6 is 27.3 Å². The van der Waals surface area contributed by atoms with Gasteiger partial charge in [-0.2, -0.15) is 0 Å². The zero-order valence-corrected chi connectivity index (χ0v) is 9.97. The van der Waals surface area contributed by atoms with E-state index in [0.717, 1.165) is 4.47 Å². The van der Waals surface area contributed by atoms with Gasteiger partial charge in [0.05, 0.1) is 6.54 Å². The largest absolute Gasteiger partial charge is 0.336 e. The molecule has 14 heavy (non-hydrogen) atoms. The quantitative estimate of drug-likeness (QED) is 0.890. The van der Waals surface area contributed by atoms with Crippen LogP contribution in [0.2, 0.25) is 0 Å². The summed E-state index contributed by atoms with van der Waals surface area (Å²) in [5, 5.41) is 2.02. The number of hydrogen-bond donors (Lipinski definition) is 1. The Morgan fingerprint density at radius 1 is 1.71 bits per heavy atom. The fourth-order valence-electron chi connectivity index (χ4n) is 1.58. The summed E-state index contributed by atoms with van der Waals surface area (Å²) in [5.41, 5.74) is 5.71. The molecule has 2 rings (SSSR count). The van der Waals surface area contributed by atoms with Gasteiger partial charge < -0.3 is 10.6 Å². The van der Waals surface area contributed by atoms with Gasteiger partial charge in [-0.05, 0) is 22.0 Å². The van der Waals surface area contributed by atoms with E-state index in [9.17, 15) is 4.79 Å². The first-order chi connectivity index (χ1) is 6.65. The standard InChI is InChI=1S/C9H11BrN2OS/c10-6-1-8(14-5-6)4-12-3-7(11)2-9(12)13/h1,5,7H,2-4,11H2. The van der Waals surface area contributed by atoms with Gasteiger partial charge in [0, 0.05) is 33.7 Å². The summed E-state index contributed by atoms with van der Waals surface area (Å²) in [6.07, 6.45) is 0.493. The fourth-order valence-corrected chi connectivity index (χ4v) is 3.05. The first-order valence-electron chi connectivity index (χ1n) is 4.41. The molecule has 1 aliphatic heterocycles. The van der Waals surface area contributed by atoms with Gasteiger partial charge in [0.1, 0.15) is 0 Å². The minimum Gasteiger partial charge on any atom is -0.336 e. The monoisotopic (exact) mass is 274 g/mol. The van der Waals surface area contributed by atoms with Gasteiger partial charge in [-0.3, -0.25) is 4.79 Å². The second-order valence-electron chi connectivity index (χ2n) is 3.47. The number of rotatable bonds is 2. The highest BCUT2D eigenvalue weighted by molar-refractivity contribution is 9.10. The summed E-state index contributed by atoms with van der Waals surface area (Å²) in [4.78, 5) is 14.5. The molecule has 0 saturated carbocycles. The van der Waals surface area contributed by atoms with E-state index >= 15 is 0 Å². The number of amides is 1. The Balaban J connectivity index is 2.01. The molecule has 1 unspecified atom stereocenters. The minimum atomic E-state index is 0.0194. The molecule has 1 saturated heterocycles. The van der Waals surface area contributed by atoms with Crippen LogP contribution in [0, 0.1) is 0 Å². The molecule has 2 heterocycles. The first kappa shape index (κ1) is 10.1. The molecule has 3 nitrogen and oxygen atoms in total. The molecule has 1 amide bonds. The summed E-state index contributed by atoms with van der Waals surface area (Å²) in [6.45, 7) is 1.39. The third-order valence-corrected chi connectivity index (χ3v) is 3.90. The number of carbonyl (C=O) groups is 1. The van der Waals surface area contributed by atoms with Crippen molar-refractivity contribution in [1.29, 1.82) is 0 Å². The lowest BCUT2D eigenvalue weighted by Crippen LogP contribution is -2.27. The number of carbonyl (C=O) groups excluding carboxylic acids is 1. The predicted octanol–water partition coefficient (Wildman–Crippen LogP) is 1.57. The average Bonchev–Trinajstić information content (AvgIpc) is 2.61. The highest BCUT2D eigenvalue weighted by Crippen LogP contribution is 2.22. The molecule has 2 N–H and O–H groups in total. The highest BCUT2D eigenvalue weighted by Gasteiger charge is 2.26. The molecule has 1 atom stereocenters. The van der Waals surface area contributed by atoms with Crippen LogP contribution in [0.3, 0.4) is 0 Å². The van der Waals surface area contributed by atoms with Gasteiger partial charge >= 0.3 is 0 Å². The molecular formula is C9H11BrN2OS. The van der Waals surface area contributed by atoms with Gasteiger partial charge in [-0.25, -0.2) is 0 Å². The molecule has 1 aromatic rings. The third-order valence-electron chi connectivity index (χ3n) is 2.21. The molecule has 0 bridgehead atoms. The summed E-state index contributed by atoms with van der Waals surface area (Å²) in [6, 6.07) is 2.06. The topological polar surface area (TPSA) is 46.3 Å². The molecule has 0 spiro atoms. The van der Waals surface area contributed by atoms with E-state index in [1.54, 1.807) is 11.3 Å².